The van der Waals surface area contributed by atoms with Crippen molar-refractivity contribution in [2.75, 3.05) is 0 Å². The quantitative estimate of drug-likeness (QED) is 0.420. The molecule has 0 aliphatic carbocycles. The normalized spacial score (nSPS) is 10.3. The van der Waals surface area contributed by atoms with E-state index >= 15 is 0 Å². The maximum Gasteiger partial charge on any atom is 0.396 e. The second-order valence-electron chi connectivity index (χ2n) is 3.06. The third-order valence-electron chi connectivity index (χ3n) is 1.98. The topological polar surface area (TPSA) is 29.7 Å². The minimum absolute atomic E-state index is 0.352. The van der Waals surface area contributed by atoms with Crippen molar-refractivity contribution in [3.63, 3.8) is 0 Å². The smallest absolute Gasteiger partial charge is 0.228 e. The van der Waals surface area contributed by atoms with E-state index in [4.69, 9.17) is 11.6 Å². The van der Waals surface area contributed by atoms with Gasteiger partial charge in [-0.1, -0.05) is 0 Å². The van der Waals surface area contributed by atoms with Gasteiger partial charge in [0.25, 0.3) is 0 Å². The number of halogens is 2. The number of hydrogen-bond donors (Lipinski definition) is 0. The van der Waals surface area contributed by atoms with Gasteiger partial charge in [-0.3, -0.25) is 0 Å². The molecule has 2 aromatic rings. The van der Waals surface area contributed by atoms with Crippen LogP contribution in [-0.2, 0) is 7.05 Å². The van der Waals surface area contributed by atoms with Crippen LogP contribution in [0.25, 0.3) is 11.3 Å². The molecule has 0 bridgehead atoms. The van der Waals surface area contributed by atoms with Gasteiger partial charge in [0, 0.05) is 35.5 Å². The van der Waals surface area contributed by atoms with E-state index in [0.717, 1.165) is 0 Å². The summed E-state index contributed by atoms with van der Waals surface area (Å²) >= 11 is 5.85. The van der Waals surface area contributed by atoms with Gasteiger partial charge in [-0.05, 0) is 11.1 Å². The van der Waals surface area contributed by atoms with Crippen molar-refractivity contribution in [2.24, 2.45) is 7.05 Å². The highest BCUT2D eigenvalue weighted by molar-refractivity contribution is 6.27. The van der Waals surface area contributed by atoms with E-state index in [9.17, 15) is 4.39 Å². The first-order valence-corrected chi connectivity index (χ1v) is 4.69. The number of hydrogen-bond acceptors (Lipinski definition) is 2. The average Bonchev–Trinajstić information content (AvgIpc) is 2.22. The second-order valence-corrected chi connectivity index (χ2v) is 3.40. The summed E-state index contributed by atoms with van der Waals surface area (Å²) in [5.41, 5.74) is 1.28. The number of aromatic nitrogens is 3. The van der Waals surface area contributed by atoms with E-state index in [0.29, 0.717) is 16.5 Å². The Kier molecular flexibility index (Phi) is 2.60. The molecular weight excluding hydrogens is 217 g/mol. The van der Waals surface area contributed by atoms with Gasteiger partial charge in [0.2, 0.25) is 5.95 Å². The molecule has 0 spiro atoms. The van der Waals surface area contributed by atoms with Crippen LogP contribution in [0.5, 0.6) is 0 Å². The molecule has 3 nitrogen and oxygen atoms in total. The average molecular weight is 225 g/mol. The van der Waals surface area contributed by atoms with Crippen molar-refractivity contribution in [1.82, 2.24) is 9.97 Å². The minimum atomic E-state index is -0.529. The zero-order chi connectivity index (χ0) is 10.8. The van der Waals surface area contributed by atoms with Crippen LogP contribution in [0.2, 0.25) is 5.28 Å². The van der Waals surface area contributed by atoms with Crippen LogP contribution in [0.1, 0.15) is 0 Å². The van der Waals surface area contributed by atoms with Crippen LogP contribution in [0.15, 0.2) is 30.6 Å². The van der Waals surface area contributed by atoms with Crippen LogP contribution in [-0.4, -0.2) is 9.97 Å². The summed E-state index contributed by atoms with van der Waals surface area (Å²) in [5, 5.41) is 0.352. The van der Waals surface area contributed by atoms with Crippen LogP contribution in [0.4, 0.5) is 4.39 Å². The van der Waals surface area contributed by atoms with Crippen LogP contribution in [0, 0.1) is 5.95 Å². The Hall–Kier alpha value is -1.55. The molecule has 0 aliphatic rings. The molecule has 2 heterocycles. The lowest BCUT2D eigenvalue weighted by molar-refractivity contribution is -0.672. The number of aryl methyl sites for hydroxylation is 1. The van der Waals surface area contributed by atoms with Gasteiger partial charge in [0.1, 0.15) is 0 Å². The van der Waals surface area contributed by atoms with Crippen molar-refractivity contribution in [3.8, 4) is 11.3 Å². The molecule has 0 unspecified atom stereocenters. The molecule has 0 fully saturated rings. The van der Waals surface area contributed by atoms with Crippen molar-refractivity contribution in [3.05, 3.63) is 41.8 Å². The van der Waals surface area contributed by atoms with E-state index < -0.39 is 5.95 Å². The summed E-state index contributed by atoms with van der Waals surface area (Å²) in [4.78, 5) is 7.59. The molecule has 0 aromatic carbocycles. The van der Waals surface area contributed by atoms with E-state index in [1.54, 1.807) is 29.9 Å². The molecule has 76 valence electrons. The zero-order valence-corrected chi connectivity index (χ0v) is 8.74. The molecular formula is C10H8ClFN3+. The van der Waals surface area contributed by atoms with Crippen LogP contribution >= 0.6 is 11.6 Å². The first-order valence-electron chi connectivity index (χ1n) is 4.31. The van der Waals surface area contributed by atoms with Gasteiger partial charge >= 0.3 is 5.28 Å². The Morgan fingerprint density at radius 2 is 2.20 bits per heavy atom. The predicted molar refractivity (Wildman–Crippen MR) is 53.6 cm³/mol. The fraction of sp³-hybridized carbons (Fsp3) is 0.100. The van der Waals surface area contributed by atoms with Crippen LogP contribution < -0.4 is 4.57 Å². The van der Waals surface area contributed by atoms with Crippen molar-refractivity contribution < 1.29 is 8.96 Å². The second kappa shape index (κ2) is 3.90. The van der Waals surface area contributed by atoms with E-state index in [2.05, 4.69) is 9.97 Å². The lowest BCUT2D eigenvalue weighted by atomic mass is 10.2. The third kappa shape index (κ3) is 2.10. The summed E-state index contributed by atoms with van der Waals surface area (Å²) in [6.07, 6.45) is 3.16. The molecule has 15 heavy (non-hydrogen) atoms. The van der Waals surface area contributed by atoms with Gasteiger partial charge in [-0.2, -0.15) is 4.39 Å². The molecule has 5 heteroatoms. The molecule has 2 aromatic heterocycles. The highest BCUT2D eigenvalue weighted by Crippen LogP contribution is 2.16. The zero-order valence-electron chi connectivity index (χ0n) is 7.98. The summed E-state index contributed by atoms with van der Waals surface area (Å²) in [5.74, 6) is -0.529. The van der Waals surface area contributed by atoms with E-state index in [1.807, 2.05) is 0 Å². The molecule has 0 saturated carbocycles. The molecule has 0 N–H and O–H groups in total. The number of rotatable bonds is 1. The fourth-order valence-corrected chi connectivity index (χ4v) is 1.33. The van der Waals surface area contributed by atoms with Crippen molar-refractivity contribution in [2.45, 2.75) is 0 Å². The summed E-state index contributed by atoms with van der Waals surface area (Å²) in [6.45, 7) is 0. The Balaban J connectivity index is 2.50. The Morgan fingerprint density at radius 3 is 2.87 bits per heavy atom. The molecule has 0 aliphatic heterocycles. The Morgan fingerprint density at radius 1 is 1.40 bits per heavy atom. The predicted octanol–water partition coefficient (Wildman–Crippen LogP) is 1.76. The van der Waals surface area contributed by atoms with Gasteiger partial charge in [0.15, 0.2) is 5.69 Å². The maximum absolute atomic E-state index is 12.9. The summed E-state index contributed by atoms with van der Waals surface area (Å²) < 4.78 is 14.5. The summed E-state index contributed by atoms with van der Waals surface area (Å²) in [7, 11) is 1.78. The SMILES string of the molecule is C[n+]1ccc(-c2ccnc(F)c2)nc1Cl. The van der Waals surface area contributed by atoms with Crippen LogP contribution in [0.3, 0.4) is 0 Å². The van der Waals surface area contributed by atoms with Gasteiger partial charge < -0.3 is 0 Å². The molecule has 0 amide bonds. The van der Waals surface area contributed by atoms with Gasteiger partial charge in [-0.25, -0.2) is 9.55 Å². The van der Waals surface area contributed by atoms with Gasteiger partial charge in [-0.15, -0.1) is 0 Å². The van der Waals surface area contributed by atoms with Crippen molar-refractivity contribution >= 4 is 11.6 Å². The molecule has 0 radical (unpaired) electrons. The number of nitrogens with zero attached hydrogens (tertiary/aromatic N) is 3. The first-order chi connectivity index (χ1) is 7.16. The summed E-state index contributed by atoms with van der Waals surface area (Å²) in [6, 6.07) is 4.76. The monoisotopic (exact) mass is 224 g/mol. The Bertz CT molecular complexity index is 502. The molecule has 2 rings (SSSR count). The standard InChI is InChI=1S/C10H8ClFN3/c1-15-5-3-8(14-10(15)11)7-2-4-13-9(12)6-7/h2-6H,1H3/q+1. The van der Waals surface area contributed by atoms with E-state index in [1.165, 1.54) is 12.3 Å². The lowest BCUT2D eigenvalue weighted by Crippen LogP contribution is -2.29. The third-order valence-corrected chi connectivity index (χ3v) is 2.33. The fourth-order valence-electron chi connectivity index (χ4n) is 1.18. The van der Waals surface area contributed by atoms with E-state index in [-0.39, 0.29) is 0 Å². The molecule has 0 atom stereocenters. The minimum Gasteiger partial charge on any atom is -0.228 e. The largest absolute Gasteiger partial charge is 0.396 e. The highest BCUT2D eigenvalue weighted by atomic mass is 35.5. The maximum atomic E-state index is 12.9. The first kappa shape index (κ1) is 9.98. The van der Waals surface area contributed by atoms with Gasteiger partial charge in [0.05, 0.1) is 13.2 Å². The van der Waals surface area contributed by atoms with Crippen molar-refractivity contribution in [1.29, 1.82) is 0 Å². The molecule has 0 saturated heterocycles. The highest BCUT2D eigenvalue weighted by Gasteiger charge is 2.11. The Labute approximate surface area is 91.2 Å². The number of pyridine rings is 1. The lowest BCUT2D eigenvalue weighted by Gasteiger charge is -1.96.